The van der Waals surface area contributed by atoms with Gasteiger partial charge in [-0.1, -0.05) is 35.9 Å². The van der Waals surface area contributed by atoms with Crippen molar-refractivity contribution in [2.45, 2.75) is 4.90 Å². The van der Waals surface area contributed by atoms with Gasteiger partial charge in [0.05, 0.1) is 28.1 Å². The number of rotatable bonds is 4. The van der Waals surface area contributed by atoms with Gasteiger partial charge in [0.1, 0.15) is 12.1 Å². The molecule has 0 saturated heterocycles. The van der Waals surface area contributed by atoms with Gasteiger partial charge in [0.15, 0.2) is 0 Å². The topological polar surface area (TPSA) is 102 Å². The summed E-state index contributed by atoms with van der Waals surface area (Å²) in [6.07, 6.45) is 3.17. The van der Waals surface area contributed by atoms with Crippen molar-refractivity contribution < 1.29 is 12.8 Å². The monoisotopic (exact) mass is 399 g/mol. The van der Waals surface area contributed by atoms with Gasteiger partial charge in [-0.05, 0) is 30.3 Å². The highest BCUT2D eigenvalue weighted by molar-refractivity contribution is 7.89. The number of hydrogen-bond donors (Lipinski definition) is 2. The van der Waals surface area contributed by atoms with Crippen molar-refractivity contribution in [2.24, 2.45) is 5.14 Å². The number of aromatic nitrogens is 2. The Morgan fingerprint density at radius 1 is 0.926 bits per heavy atom. The zero-order valence-corrected chi connectivity index (χ0v) is 15.5. The summed E-state index contributed by atoms with van der Waals surface area (Å²) in [6.45, 7) is 0. The number of hydrogen-bond acceptors (Lipinski definition) is 4. The van der Waals surface area contributed by atoms with E-state index < -0.39 is 10.0 Å². The molecule has 3 N–H and O–H groups in total. The Kier molecular flexibility index (Phi) is 4.35. The normalized spacial score (nSPS) is 11.6. The van der Waals surface area contributed by atoms with Crippen molar-refractivity contribution in [1.29, 1.82) is 0 Å². The zero-order chi connectivity index (χ0) is 19.0. The molecule has 0 unspecified atom stereocenters. The highest BCUT2D eigenvalue weighted by Gasteiger charge is 2.17. The van der Waals surface area contributed by atoms with Crippen LogP contribution in [-0.2, 0) is 10.0 Å². The molecule has 0 saturated carbocycles. The number of imidazole rings is 1. The highest BCUT2D eigenvalue weighted by Crippen LogP contribution is 2.34. The maximum Gasteiger partial charge on any atom is 0.238 e. The van der Waals surface area contributed by atoms with Gasteiger partial charge in [-0.15, -0.1) is 0 Å². The second-order valence-corrected chi connectivity index (χ2v) is 7.90. The molecule has 0 fully saturated rings. The average molecular weight is 400 g/mol. The first-order valence-electron chi connectivity index (χ1n) is 7.93. The van der Waals surface area contributed by atoms with Crippen LogP contribution in [0.5, 0.6) is 0 Å². The fourth-order valence-electron chi connectivity index (χ4n) is 2.75. The minimum Gasteiger partial charge on any atom is -0.472 e. The fourth-order valence-corrected chi connectivity index (χ4v) is 3.39. The Bertz CT molecular complexity index is 1180. The van der Waals surface area contributed by atoms with E-state index in [1.54, 1.807) is 42.9 Å². The molecular formula is C19H14ClN3O3S. The third kappa shape index (κ3) is 3.52. The molecule has 0 atom stereocenters. The molecule has 4 aromatic rings. The van der Waals surface area contributed by atoms with Crippen LogP contribution >= 0.6 is 11.6 Å². The lowest BCUT2D eigenvalue weighted by molar-refractivity contribution is 0.568. The molecule has 2 aromatic heterocycles. The van der Waals surface area contributed by atoms with Crippen LogP contribution in [0.15, 0.2) is 76.4 Å². The van der Waals surface area contributed by atoms with Gasteiger partial charge in [0, 0.05) is 16.1 Å². The van der Waals surface area contributed by atoms with Crippen LogP contribution in [-0.4, -0.2) is 18.4 Å². The Hall–Kier alpha value is -2.87. The lowest BCUT2D eigenvalue weighted by atomic mass is 10.1. The van der Waals surface area contributed by atoms with E-state index in [0.717, 1.165) is 22.4 Å². The van der Waals surface area contributed by atoms with E-state index in [0.29, 0.717) is 16.5 Å². The molecule has 0 aliphatic rings. The number of nitrogens with zero attached hydrogens (tertiary/aromatic N) is 1. The van der Waals surface area contributed by atoms with Crippen LogP contribution in [0, 0.1) is 0 Å². The molecule has 0 radical (unpaired) electrons. The summed E-state index contributed by atoms with van der Waals surface area (Å²) < 4.78 is 28.1. The predicted octanol–water partition coefficient (Wildman–Crippen LogP) is 4.30. The first kappa shape index (κ1) is 17.5. The summed E-state index contributed by atoms with van der Waals surface area (Å²) >= 11 is 5.99. The standard InChI is InChI=1S/C19H14ClN3O3S/c20-15-5-1-12(2-6-15)17-18(23-19(22-17)14-9-10-26-11-14)13-3-7-16(8-4-13)27(21,24)25/h1-11H,(H,22,23)(H2,21,24,25). The summed E-state index contributed by atoms with van der Waals surface area (Å²) in [7, 11) is -3.75. The van der Waals surface area contributed by atoms with Gasteiger partial charge < -0.3 is 9.40 Å². The summed E-state index contributed by atoms with van der Waals surface area (Å²) in [6, 6.07) is 15.4. The third-order valence-corrected chi connectivity index (χ3v) is 5.27. The number of benzene rings is 2. The van der Waals surface area contributed by atoms with Crippen molar-refractivity contribution in [3.05, 3.63) is 72.1 Å². The molecule has 0 spiro atoms. The van der Waals surface area contributed by atoms with E-state index in [1.165, 1.54) is 12.1 Å². The van der Waals surface area contributed by atoms with Gasteiger partial charge in [0.2, 0.25) is 10.0 Å². The Labute approximate surface area is 160 Å². The van der Waals surface area contributed by atoms with Crippen molar-refractivity contribution in [2.75, 3.05) is 0 Å². The largest absolute Gasteiger partial charge is 0.472 e. The predicted molar refractivity (Wildman–Crippen MR) is 104 cm³/mol. The van der Waals surface area contributed by atoms with Crippen molar-refractivity contribution in [3.63, 3.8) is 0 Å². The number of furan rings is 1. The van der Waals surface area contributed by atoms with E-state index in [4.69, 9.17) is 26.1 Å². The molecular weight excluding hydrogens is 386 g/mol. The number of nitrogens with one attached hydrogen (secondary N) is 1. The number of nitrogens with two attached hydrogens (primary N) is 1. The van der Waals surface area contributed by atoms with Crippen molar-refractivity contribution >= 4 is 21.6 Å². The summed E-state index contributed by atoms with van der Waals surface area (Å²) in [5.41, 5.74) is 3.91. The molecule has 27 heavy (non-hydrogen) atoms. The molecule has 0 aliphatic carbocycles. The van der Waals surface area contributed by atoms with Gasteiger partial charge >= 0.3 is 0 Å². The molecule has 2 heterocycles. The van der Waals surface area contributed by atoms with Crippen LogP contribution in [0.25, 0.3) is 33.9 Å². The Morgan fingerprint density at radius 3 is 2.19 bits per heavy atom. The van der Waals surface area contributed by atoms with Crippen LogP contribution in [0.1, 0.15) is 0 Å². The van der Waals surface area contributed by atoms with Gasteiger partial charge in [0.25, 0.3) is 0 Å². The third-order valence-electron chi connectivity index (χ3n) is 4.09. The summed E-state index contributed by atoms with van der Waals surface area (Å²) in [4.78, 5) is 8.04. The van der Waals surface area contributed by atoms with E-state index in [2.05, 4.69) is 4.98 Å². The summed E-state index contributed by atoms with van der Waals surface area (Å²) in [5.74, 6) is 0.638. The van der Waals surface area contributed by atoms with Crippen molar-refractivity contribution in [1.82, 2.24) is 9.97 Å². The first-order chi connectivity index (χ1) is 12.9. The minimum atomic E-state index is -3.75. The van der Waals surface area contributed by atoms with Gasteiger partial charge in [-0.25, -0.2) is 18.5 Å². The zero-order valence-electron chi connectivity index (χ0n) is 13.9. The van der Waals surface area contributed by atoms with Gasteiger partial charge in [-0.2, -0.15) is 0 Å². The van der Waals surface area contributed by atoms with E-state index >= 15 is 0 Å². The molecule has 4 rings (SSSR count). The SMILES string of the molecule is NS(=O)(=O)c1ccc(-c2[nH]c(-c3ccoc3)nc2-c2ccc(Cl)cc2)cc1. The molecule has 0 bridgehead atoms. The molecule has 8 heteroatoms. The molecule has 0 aliphatic heterocycles. The molecule has 0 amide bonds. The highest BCUT2D eigenvalue weighted by atomic mass is 35.5. The maximum absolute atomic E-state index is 11.5. The van der Waals surface area contributed by atoms with E-state index in [1.807, 2.05) is 12.1 Å². The average Bonchev–Trinajstić information content (AvgIpc) is 3.31. The van der Waals surface area contributed by atoms with Crippen LogP contribution in [0.2, 0.25) is 5.02 Å². The number of halogens is 1. The quantitative estimate of drug-likeness (QED) is 0.533. The molecule has 2 aromatic carbocycles. The molecule has 6 nitrogen and oxygen atoms in total. The first-order valence-corrected chi connectivity index (χ1v) is 9.86. The van der Waals surface area contributed by atoms with E-state index in [9.17, 15) is 8.42 Å². The van der Waals surface area contributed by atoms with Crippen LogP contribution in [0.3, 0.4) is 0 Å². The molecule has 136 valence electrons. The maximum atomic E-state index is 11.5. The summed E-state index contributed by atoms with van der Waals surface area (Å²) in [5, 5.41) is 5.81. The minimum absolute atomic E-state index is 0.0499. The Morgan fingerprint density at radius 2 is 1.59 bits per heavy atom. The lowest BCUT2D eigenvalue weighted by Crippen LogP contribution is -2.11. The number of sulfonamides is 1. The number of H-pyrrole nitrogens is 1. The Balaban J connectivity index is 1.86. The van der Waals surface area contributed by atoms with E-state index in [-0.39, 0.29) is 4.90 Å². The lowest BCUT2D eigenvalue weighted by Gasteiger charge is -2.05. The number of aromatic amines is 1. The number of primary sulfonamides is 1. The van der Waals surface area contributed by atoms with Crippen molar-refractivity contribution in [3.8, 4) is 33.9 Å². The second-order valence-electron chi connectivity index (χ2n) is 5.90. The smallest absolute Gasteiger partial charge is 0.238 e. The van der Waals surface area contributed by atoms with Crippen LogP contribution in [0.4, 0.5) is 0 Å². The van der Waals surface area contributed by atoms with Crippen LogP contribution < -0.4 is 5.14 Å². The fraction of sp³-hybridized carbons (Fsp3) is 0. The second kappa shape index (κ2) is 6.70. The van der Waals surface area contributed by atoms with Gasteiger partial charge in [-0.3, -0.25) is 0 Å².